The maximum absolute atomic E-state index is 11.9. The molecule has 2 N–H and O–H groups in total. The molecule has 6 heteroatoms. The first-order chi connectivity index (χ1) is 11.1. The van der Waals surface area contributed by atoms with Crippen molar-refractivity contribution in [1.82, 2.24) is 0 Å². The molecule has 0 aromatic heterocycles. The lowest BCUT2D eigenvalue weighted by Crippen LogP contribution is -2.16. The van der Waals surface area contributed by atoms with Crippen molar-refractivity contribution in [3.8, 4) is 0 Å². The van der Waals surface area contributed by atoms with Crippen LogP contribution in [0, 0.1) is 0 Å². The van der Waals surface area contributed by atoms with Gasteiger partial charge in [-0.3, -0.25) is 4.79 Å². The van der Waals surface area contributed by atoms with Crippen LogP contribution < -0.4 is 10.6 Å². The second kappa shape index (κ2) is 8.33. The van der Waals surface area contributed by atoms with Crippen LogP contribution in [0.15, 0.2) is 53.0 Å². The maximum Gasteiger partial charge on any atom is 0.337 e. The molecule has 0 aliphatic carbocycles. The number of nitrogens with one attached hydrogen (secondary N) is 2. The van der Waals surface area contributed by atoms with E-state index in [4.69, 9.17) is 0 Å². The van der Waals surface area contributed by atoms with Crippen LogP contribution >= 0.6 is 15.9 Å². The molecule has 120 valence electrons. The van der Waals surface area contributed by atoms with E-state index in [0.717, 1.165) is 10.2 Å². The van der Waals surface area contributed by atoms with Gasteiger partial charge < -0.3 is 15.4 Å². The summed E-state index contributed by atoms with van der Waals surface area (Å²) in [7, 11) is 1.33. The normalized spacial score (nSPS) is 10.0. The van der Waals surface area contributed by atoms with Crippen LogP contribution in [0.3, 0.4) is 0 Å². The predicted octanol–water partition coefficient (Wildman–Crippen LogP) is 3.68. The minimum atomic E-state index is -0.401. The Morgan fingerprint density at radius 3 is 2.22 bits per heavy atom. The largest absolute Gasteiger partial charge is 0.465 e. The minimum Gasteiger partial charge on any atom is -0.465 e. The van der Waals surface area contributed by atoms with Crippen molar-refractivity contribution >= 4 is 39.2 Å². The van der Waals surface area contributed by atoms with E-state index < -0.39 is 5.97 Å². The zero-order chi connectivity index (χ0) is 16.7. The molecule has 0 radical (unpaired) electrons. The number of carbonyl (C=O) groups is 2. The second-order valence-corrected chi connectivity index (χ2v) is 5.72. The van der Waals surface area contributed by atoms with Gasteiger partial charge in [-0.2, -0.15) is 0 Å². The fourth-order valence-electron chi connectivity index (χ4n) is 1.92. The number of hydrogen-bond donors (Lipinski definition) is 2. The zero-order valence-corrected chi connectivity index (χ0v) is 14.2. The van der Waals surface area contributed by atoms with Crippen molar-refractivity contribution in [2.24, 2.45) is 0 Å². The highest BCUT2D eigenvalue weighted by Crippen LogP contribution is 2.14. The van der Waals surface area contributed by atoms with E-state index in [2.05, 4.69) is 31.3 Å². The van der Waals surface area contributed by atoms with Gasteiger partial charge in [-0.15, -0.1) is 0 Å². The van der Waals surface area contributed by atoms with Gasteiger partial charge in [0.15, 0.2) is 0 Å². The van der Waals surface area contributed by atoms with Gasteiger partial charge in [0.2, 0.25) is 5.91 Å². The Hall–Kier alpha value is -2.34. The van der Waals surface area contributed by atoms with Gasteiger partial charge in [-0.25, -0.2) is 4.79 Å². The lowest BCUT2D eigenvalue weighted by Gasteiger charge is -2.08. The number of hydrogen-bond acceptors (Lipinski definition) is 4. The van der Waals surface area contributed by atoms with Crippen molar-refractivity contribution in [2.45, 2.75) is 6.42 Å². The van der Waals surface area contributed by atoms with Crippen molar-refractivity contribution in [2.75, 3.05) is 24.3 Å². The molecule has 0 saturated heterocycles. The Kier molecular flexibility index (Phi) is 6.17. The molecule has 0 bridgehead atoms. The lowest BCUT2D eigenvalue weighted by molar-refractivity contribution is -0.115. The van der Waals surface area contributed by atoms with Crippen LogP contribution in [0.5, 0.6) is 0 Å². The van der Waals surface area contributed by atoms with E-state index in [9.17, 15) is 9.59 Å². The van der Waals surface area contributed by atoms with E-state index in [-0.39, 0.29) is 5.91 Å². The van der Waals surface area contributed by atoms with E-state index in [0.29, 0.717) is 24.2 Å². The maximum atomic E-state index is 11.9. The fourth-order valence-corrected chi connectivity index (χ4v) is 2.18. The van der Waals surface area contributed by atoms with Crippen LogP contribution in [0.1, 0.15) is 16.8 Å². The number of amides is 1. The second-order valence-electron chi connectivity index (χ2n) is 4.80. The molecule has 1 amide bonds. The van der Waals surface area contributed by atoms with Crippen LogP contribution in [-0.4, -0.2) is 25.5 Å². The van der Waals surface area contributed by atoms with E-state index >= 15 is 0 Å². The van der Waals surface area contributed by atoms with Gasteiger partial charge >= 0.3 is 5.97 Å². The number of methoxy groups -OCH3 is 1. The molecule has 2 aromatic carbocycles. The van der Waals surface area contributed by atoms with Gasteiger partial charge in [-0.05, 0) is 48.5 Å². The van der Waals surface area contributed by atoms with Gasteiger partial charge in [-0.1, -0.05) is 15.9 Å². The lowest BCUT2D eigenvalue weighted by atomic mass is 10.2. The summed E-state index contributed by atoms with van der Waals surface area (Å²) in [5.74, 6) is -0.498. The molecule has 2 aromatic rings. The summed E-state index contributed by atoms with van der Waals surface area (Å²) in [6.45, 7) is 0.535. The summed E-state index contributed by atoms with van der Waals surface area (Å²) in [5, 5.41) is 5.96. The highest BCUT2D eigenvalue weighted by atomic mass is 79.9. The molecule has 5 nitrogen and oxygen atoms in total. The molecular weight excluding hydrogens is 360 g/mol. The van der Waals surface area contributed by atoms with Crippen LogP contribution in [-0.2, 0) is 9.53 Å². The summed E-state index contributed by atoms with van der Waals surface area (Å²) in [4.78, 5) is 23.2. The Morgan fingerprint density at radius 1 is 1.00 bits per heavy atom. The Bertz CT molecular complexity index is 669. The van der Waals surface area contributed by atoms with Gasteiger partial charge in [0.25, 0.3) is 0 Å². The highest BCUT2D eigenvalue weighted by molar-refractivity contribution is 9.10. The molecular formula is C17H17BrN2O3. The van der Waals surface area contributed by atoms with Gasteiger partial charge in [0, 0.05) is 28.8 Å². The summed E-state index contributed by atoms with van der Waals surface area (Å²) >= 11 is 3.37. The van der Waals surface area contributed by atoms with Crippen molar-refractivity contribution < 1.29 is 14.3 Å². The highest BCUT2D eigenvalue weighted by Gasteiger charge is 2.06. The van der Waals surface area contributed by atoms with Crippen molar-refractivity contribution in [3.63, 3.8) is 0 Å². The van der Waals surface area contributed by atoms with E-state index in [1.165, 1.54) is 7.11 Å². The van der Waals surface area contributed by atoms with Gasteiger partial charge in [0.05, 0.1) is 12.7 Å². The molecule has 0 atom stereocenters. The first-order valence-corrected chi connectivity index (χ1v) is 7.85. The molecule has 23 heavy (non-hydrogen) atoms. The van der Waals surface area contributed by atoms with Crippen molar-refractivity contribution in [1.29, 1.82) is 0 Å². The predicted molar refractivity (Wildman–Crippen MR) is 93.7 cm³/mol. The molecule has 0 aliphatic rings. The smallest absolute Gasteiger partial charge is 0.337 e. The number of benzene rings is 2. The first kappa shape index (κ1) is 17.0. The van der Waals surface area contributed by atoms with Crippen molar-refractivity contribution in [3.05, 3.63) is 58.6 Å². The molecule has 2 rings (SSSR count). The monoisotopic (exact) mass is 376 g/mol. The third-order valence-corrected chi connectivity index (χ3v) is 3.64. The first-order valence-electron chi connectivity index (χ1n) is 7.06. The summed E-state index contributed by atoms with van der Waals surface area (Å²) in [6, 6.07) is 14.3. The average Bonchev–Trinajstić information content (AvgIpc) is 2.56. The number of halogens is 1. The molecule has 0 aliphatic heterocycles. The number of esters is 1. The van der Waals surface area contributed by atoms with E-state index in [1.54, 1.807) is 24.3 Å². The zero-order valence-electron chi connectivity index (χ0n) is 12.6. The number of anilines is 2. The third-order valence-electron chi connectivity index (χ3n) is 3.12. The Morgan fingerprint density at radius 2 is 1.61 bits per heavy atom. The van der Waals surface area contributed by atoms with Crippen LogP contribution in [0.25, 0.3) is 0 Å². The Balaban J connectivity index is 1.78. The van der Waals surface area contributed by atoms with Gasteiger partial charge in [0.1, 0.15) is 0 Å². The standard InChI is InChI=1S/C17H17BrN2O3/c1-23-17(22)12-2-6-15(7-3-12)20-16(21)10-11-19-14-8-4-13(18)5-9-14/h2-9,19H,10-11H2,1H3,(H,20,21). The number of rotatable bonds is 6. The number of ether oxygens (including phenoxy) is 1. The summed E-state index contributed by atoms with van der Waals surface area (Å²) < 4.78 is 5.63. The SMILES string of the molecule is COC(=O)c1ccc(NC(=O)CCNc2ccc(Br)cc2)cc1. The quantitative estimate of drug-likeness (QED) is 0.754. The summed E-state index contributed by atoms with van der Waals surface area (Å²) in [5.41, 5.74) is 2.05. The molecule has 0 spiro atoms. The number of carbonyl (C=O) groups excluding carboxylic acids is 2. The van der Waals surface area contributed by atoms with Crippen LogP contribution in [0.2, 0.25) is 0 Å². The average molecular weight is 377 g/mol. The molecule has 0 unspecified atom stereocenters. The Labute approximate surface area is 143 Å². The summed E-state index contributed by atoms with van der Waals surface area (Å²) in [6.07, 6.45) is 0.342. The fraction of sp³-hybridized carbons (Fsp3) is 0.176. The topological polar surface area (TPSA) is 67.4 Å². The molecule has 0 heterocycles. The molecule has 0 fully saturated rings. The van der Waals surface area contributed by atoms with E-state index in [1.807, 2.05) is 24.3 Å². The molecule has 0 saturated carbocycles. The third kappa shape index (κ3) is 5.41. The van der Waals surface area contributed by atoms with Crippen LogP contribution in [0.4, 0.5) is 11.4 Å². The minimum absolute atomic E-state index is 0.0968.